The van der Waals surface area contributed by atoms with Crippen LogP contribution in [-0.4, -0.2) is 51.1 Å². The van der Waals surface area contributed by atoms with Gasteiger partial charge in [0.05, 0.1) is 0 Å². The molecule has 0 aromatic heterocycles. The lowest BCUT2D eigenvalue weighted by Gasteiger charge is -2.39. The predicted octanol–water partition coefficient (Wildman–Crippen LogP) is 4.44. The molecule has 2 unspecified atom stereocenters. The SMILES string of the molecule is Cc1cc(C(C(=O)NC(C)(C)C)N(C(=O)C(NC(=O)OC(C)(C)C)C(C)C)C(C)C)ccc1O. The van der Waals surface area contributed by atoms with Crippen molar-refractivity contribution in [3.63, 3.8) is 0 Å². The molecule has 1 rings (SSSR count). The van der Waals surface area contributed by atoms with E-state index in [1.807, 2.05) is 48.5 Å². The number of alkyl carbamates (subject to hydrolysis) is 1. The van der Waals surface area contributed by atoms with E-state index in [-0.39, 0.29) is 23.6 Å². The maximum absolute atomic E-state index is 13.9. The number of benzene rings is 1. The van der Waals surface area contributed by atoms with Gasteiger partial charge in [0.25, 0.3) is 0 Å². The smallest absolute Gasteiger partial charge is 0.408 e. The van der Waals surface area contributed by atoms with Crippen LogP contribution in [0.3, 0.4) is 0 Å². The normalized spacial score (nSPS) is 13.9. The van der Waals surface area contributed by atoms with Crippen LogP contribution in [0.5, 0.6) is 5.75 Å². The number of carbonyl (C=O) groups is 3. The molecule has 192 valence electrons. The van der Waals surface area contributed by atoms with E-state index in [1.54, 1.807) is 39.8 Å². The van der Waals surface area contributed by atoms with Crippen LogP contribution in [0.15, 0.2) is 18.2 Å². The van der Waals surface area contributed by atoms with Crippen molar-refractivity contribution < 1.29 is 24.2 Å². The number of hydrogen-bond donors (Lipinski definition) is 3. The number of phenolic OH excluding ortho intramolecular Hbond substituents is 1. The van der Waals surface area contributed by atoms with Crippen LogP contribution in [0.1, 0.15) is 86.4 Å². The van der Waals surface area contributed by atoms with Gasteiger partial charge in [0.15, 0.2) is 0 Å². The standard InChI is InChI=1S/C26H43N3O5/c1-15(2)20(27-24(33)34-26(9,10)11)23(32)29(16(3)4)21(22(31)28-25(6,7)8)18-12-13-19(30)17(5)14-18/h12-16,20-21,30H,1-11H3,(H,27,33)(H,28,31). The minimum Gasteiger partial charge on any atom is -0.508 e. The first-order valence-electron chi connectivity index (χ1n) is 11.8. The molecule has 0 bridgehead atoms. The summed E-state index contributed by atoms with van der Waals surface area (Å²) < 4.78 is 5.37. The molecule has 0 aliphatic heterocycles. The van der Waals surface area contributed by atoms with Gasteiger partial charge in [-0.1, -0.05) is 19.9 Å². The van der Waals surface area contributed by atoms with Crippen molar-refractivity contribution in [1.82, 2.24) is 15.5 Å². The minimum atomic E-state index is -0.965. The molecule has 3 N–H and O–H groups in total. The third-order valence-electron chi connectivity index (χ3n) is 4.98. The second kappa shape index (κ2) is 11.1. The van der Waals surface area contributed by atoms with Crippen molar-refractivity contribution in [3.05, 3.63) is 29.3 Å². The molecular weight excluding hydrogens is 434 g/mol. The van der Waals surface area contributed by atoms with E-state index in [0.29, 0.717) is 11.1 Å². The molecule has 3 amide bonds. The van der Waals surface area contributed by atoms with Crippen LogP contribution in [0.2, 0.25) is 0 Å². The lowest BCUT2D eigenvalue weighted by Crippen LogP contribution is -2.57. The van der Waals surface area contributed by atoms with Gasteiger partial charge < -0.3 is 25.4 Å². The number of carbonyl (C=O) groups excluding carboxylic acids is 3. The Hall–Kier alpha value is -2.77. The maximum atomic E-state index is 13.9. The molecule has 2 atom stereocenters. The Morgan fingerprint density at radius 1 is 1.00 bits per heavy atom. The van der Waals surface area contributed by atoms with Gasteiger partial charge in [-0.3, -0.25) is 9.59 Å². The zero-order valence-corrected chi connectivity index (χ0v) is 22.6. The number of amides is 3. The summed E-state index contributed by atoms with van der Waals surface area (Å²) in [4.78, 5) is 41.4. The molecule has 0 spiro atoms. The zero-order chi connectivity index (χ0) is 26.6. The highest BCUT2D eigenvalue weighted by molar-refractivity contribution is 5.92. The molecule has 0 radical (unpaired) electrons. The fraction of sp³-hybridized carbons (Fsp3) is 0.654. The zero-order valence-electron chi connectivity index (χ0n) is 22.6. The van der Waals surface area contributed by atoms with Gasteiger partial charge in [-0.05, 0) is 91.5 Å². The molecule has 0 aliphatic rings. The van der Waals surface area contributed by atoms with E-state index >= 15 is 0 Å². The Kier molecular flexibility index (Phi) is 9.56. The quantitative estimate of drug-likeness (QED) is 0.538. The number of phenols is 1. The van der Waals surface area contributed by atoms with Crippen LogP contribution in [-0.2, 0) is 14.3 Å². The maximum Gasteiger partial charge on any atom is 0.408 e. The number of aryl methyl sites for hydroxylation is 1. The van der Waals surface area contributed by atoms with E-state index < -0.39 is 35.2 Å². The first-order chi connectivity index (χ1) is 15.3. The fourth-order valence-electron chi connectivity index (χ4n) is 3.51. The van der Waals surface area contributed by atoms with Crippen LogP contribution < -0.4 is 10.6 Å². The Labute approximate surface area is 204 Å². The summed E-state index contributed by atoms with van der Waals surface area (Å²) in [5, 5.41) is 15.7. The van der Waals surface area contributed by atoms with E-state index in [4.69, 9.17) is 4.74 Å². The first-order valence-corrected chi connectivity index (χ1v) is 11.8. The van der Waals surface area contributed by atoms with Gasteiger partial charge in [-0.2, -0.15) is 0 Å². The number of rotatable bonds is 7. The third-order valence-corrected chi connectivity index (χ3v) is 4.98. The number of nitrogens with zero attached hydrogens (tertiary/aromatic N) is 1. The summed E-state index contributed by atoms with van der Waals surface area (Å²) in [6, 6.07) is 2.64. The van der Waals surface area contributed by atoms with E-state index in [0.717, 1.165) is 0 Å². The van der Waals surface area contributed by atoms with E-state index in [9.17, 15) is 19.5 Å². The molecule has 34 heavy (non-hydrogen) atoms. The van der Waals surface area contributed by atoms with Crippen LogP contribution in [0.25, 0.3) is 0 Å². The van der Waals surface area contributed by atoms with Crippen molar-refractivity contribution in [3.8, 4) is 5.75 Å². The molecule has 0 heterocycles. The summed E-state index contributed by atoms with van der Waals surface area (Å²) in [5.41, 5.74) is -0.0852. The molecular formula is C26H43N3O5. The Bertz CT molecular complexity index is 881. The molecule has 0 fully saturated rings. The van der Waals surface area contributed by atoms with Gasteiger partial charge in [0.1, 0.15) is 23.4 Å². The van der Waals surface area contributed by atoms with Crippen LogP contribution in [0.4, 0.5) is 4.79 Å². The predicted molar refractivity (Wildman–Crippen MR) is 133 cm³/mol. The van der Waals surface area contributed by atoms with Crippen LogP contribution in [0, 0.1) is 12.8 Å². The molecule has 0 saturated heterocycles. The number of ether oxygens (including phenoxy) is 1. The highest BCUT2D eigenvalue weighted by Crippen LogP contribution is 2.29. The summed E-state index contributed by atoms with van der Waals surface area (Å²) >= 11 is 0. The molecule has 8 nitrogen and oxygen atoms in total. The molecule has 0 aliphatic carbocycles. The van der Waals surface area contributed by atoms with Crippen LogP contribution >= 0.6 is 0 Å². The fourth-order valence-corrected chi connectivity index (χ4v) is 3.51. The first kappa shape index (κ1) is 29.3. The van der Waals surface area contributed by atoms with Gasteiger partial charge in [0, 0.05) is 11.6 Å². The molecule has 1 aromatic carbocycles. The largest absolute Gasteiger partial charge is 0.508 e. The average molecular weight is 478 g/mol. The average Bonchev–Trinajstić information content (AvgIpc) is 2.62. The monoisotopic (exact) mass is 477 g/mol. The Balaban J connectivity index is 3.52. The third kappa shape index (κ3) is 8.54. The van der Waals surface area contributed by atoms with Crippen molar-refractivity contribution in [1.29, 1.82) is 0 Å². The van der Waals surface area contributed by atoms with Gasteiger partial charge in [0.2, 0.25) is 11.8 Å². The second-order valence-corrected chi connectivity index (χ2v) is 11.4. The van der Waals surface area contributed by atoms with Gasteiger partial charge in [-0.15, -0.1) is 0 Å². The van der Waals surface area contributed by atoms with Crippen molar-refractivity contribution >= 4 is 17.9 Å². The lowest BCUT2D eigenvalue weighted by molar-refractivity contribution is -0.146. The molecule has 8 heteroatoms. The van der Waals surface area contributed by atoms with Gasteiger partial charge in [-0.25, -0.2) is 4.79 Å². The summed E-state index contributed by atoms with van der Waals surface area (Å²) in [5.74, 6) is -0.892. The molecule has 0 saturated carbocycles. The Morgan fingerprint density at radius 3 is 1.97 bits per heavy atom. The topological polar surface area (TPSA) is 108 Å². The van der Waals surface area contributed by atoms with E-state index in [2.05, 4.69) is 10.6 Å². The summed E-state index contributed by atoms with van der Waals surface area (Å²) in [6.07, 6.45) is -0.695. The van der Waals surface area contributed by atoms with Crippen molar-refractivity contribution in [2.45, 2.75) is 105 Å². The summed E-state index contributed by atoms with van der Waals surface area (Å²) in [6.45, 7) is 19.9. The highest BCUT2D eigenvalue weighted by Gasteiger charge is 2.39. The van der Waals surface area contributed by atoms with Crippen molar-refractivity contribution in [2.24, 2.45) is 5.92 Å². The second-order valence-electron chi connectivity index (χ2n) is 11.4. The lowest BCUT2D eigenvalue weighted by atomic mass is 9.95. The summed E-state index contributed by atoms with van der Waals surface area (Å²) in [7, 11) is 0. The van der Waals surface area contributed by atoms with Gasteiger partial charge >= 0.3 is 6.09 Å². The number of aromatic hydroxyl groups is 1. The Morgan fingerprint density at radius 2 is 1.56 bits per heavy atom. The van der Waals surface area contributed by atoms with E-state index in [1.165, 1.54) is 11.0 Å². The van der Waals surface area contributed by atoms with Crippen molar-refractivity contribution in [2.75, 3.05) is 0 Å². The number of hydrogen-bond acceptors (Lipinski definition) is 5. The minimum absolute atomic E-state index is 0.104. The number of nitrogens with one attached hydrogen (secondary N) is 2. The molecule has 1 aromatic rings. The highest BCUT2D eigenvalue weighted by atomic mass is 16.6.